The third kappa shape index (κ3) is 2.76. The van der Waals surface area contributed by atoms with E-state index >= 15 is 0 Å². The summed E-state index contributed by atoms with van der Waals surface area (Å²) in [4.78, 5) is 26.9. The van der Waals surface area contributed by atoms with Gasteiger partial charge in [-0.3, -0.25) is 10.1 Å². The molecule has 8 heteroatoms. The zero-order chi connectivity index (χ0) is 15.7. The van der Waals surface area contributed by atoms with Crippen LogP contribution in [-0.2, 0) is 9.53 Å². The topological polar surface area (TPSA) is 81.8 Å². The van der Waals surface area contributed by atoms with E-state index in [4.69, 9.17) is 16.3 Å². The molecule has 0 spiro atoms. The zero-order valence-electron chi connectivity index (χ0n) is 10.9. The molecule has 0 atom stereocenters. The first-order chi connectivity index (χ1) is 10.5. The Kier molecular flexibility index (Phi) is 3.74. The van der Waals surface area contributed by atoms with E-state index in [1.165, 1.54) is 29.5 Å². The number of halogens is 1. The number of nitro benzene ring substituents is 1. The number of hydrogen-bond acceptors (Lipinski definition) is 6. The summed E-state index contributed by atoms with van der Waals surface area (Å²) in [5.74, 6) is -0.550. The molecule has 0 saturated heterocycles. The zero-order valence-corrected chi connectivity index (χ0v) is 12.4. The van der Waals surface area contributed by atoms with Crippen molar-refractivity contribution in [1.82, 2.24) is 0 Å². The van der Waals surface area contributed by atoms with Gasteiger partial charge in [-0.05, 0) is 23.6 Å². The Bertz CT molecular complexity index is 827. The average Bonchev–Trinajstić information content (AvgIpc) is 3.10. The number of benzene rings is 1. The van der Waals surface area contributed by atoms with Gasteiger partial charge in [0.25, 0.3) is 5.69 Å². The molecule has 2 heterocycles. The molecule has 0 unspecified atom stereocenters. The van der Waals surface area contributed by atoms with Crippen LogP contribution < -0.4 is 0 Å². The maximum atomic E-state index is 11.8. The molecule has 1 aromatic heterocycles. The summed E-state index contributed by atoms with van der Waals surface area (Å²) < 4.78 is 5.08. The van der Waals surface area contributed by atoms with Crippen molar-refractivity contribution >= 4 is 46.6 Å². The van der Waals surface area contributed by atoms with Gasteiger partial charge < -0.3 is 4.74 Å². The minimum Gasteiger partial charge on any atom is -0.402 e. The van der Waals surface area contributed by atoms with E-state index in [9.17, 15) is 14.9 Å². The van der Waals surface area contributed by atoms with Gasteiger partial charge in [0.05, 0.1) is 15.5 Å². The molecule has 2 aromatic rings. The maximum absolute atomic E-state index is 11.8. The first-order valence-corrected chi connectivity index (χ1v) is 7.31. The van der Waals surface area contributed by atoms with Crippen molar-refractivity contribution < 1.29 is 14.5 Å². The Morgan fingerprint density at radius 1 is 1.36 bits per heavy atom. The van der Waals surface area contributed by atoms with E-state index < -0.39 is 10.9 Å². The van der Waals surface area contributed by atoms with Gasteiger partial charge in [-0.25, -0.2) is 9.79 Å². The van der Waals surface area contributed by atoms with Crippen molar-refractivity contribution in [1.29, 1.82) is 0 Å². The van der Waals surface area contributed by atoms with E-state index in [1.807, 2.05) is 17.5 Å². The van der Waals surface area contributed by atoms with E-state index in [-0.39, 0.29) is 22.3 Å². The smallest absolute Gasteiger partial charge is 0.363 e. The second-order valence-electron chi connectivity index (χ2n) is 4.27. The van der Waals surface area contributed by atoms with Crippen molar-refractivity contribution in [3.63, 3.8) is 0 Å². The van der Waals surface area contributed by atoms with Crippen molar-refractivity contribution in [3.8, 4) is 0 Å². The predicted octanol–water partition coefficient (Wildman–Crippen LogP) is 3.65. The highest BCUT2D eigenvalue weighted by Gasteiger charge is 2.26. The van der Waals surface area contributed by atoms with E-state index in [2.05, 4.69) is 4.99 Å². The normalized spacial score (nSPS) is 15.8. The summed E-state index contributed by atoms with van der Waals surface area (Å²) in [6.07, 6.45) is 1.61. The maximum Gasteiger partial charge on any atom is 0.363 e. The van der Waals surface area contributed by atoms with Gasteiger partial charge in [-0.15, -0.1) is 11.3 Å². The van der Waals surface area contributed by atoms with Gasteiger partial charge in [0.15, 0.2) is 5.70 Å². The Labute approximate surface area is 133 Å². The summed E-state index contributed by atoms with van der Waals surface area (Å²) in [6.45, 7) is 0. The van der Waals surface area contributed by atoms with Gasteiger partial charge in [0.2, 0.25) is 5.90 Å². The summed E-state index contributed by atoms with van der Waals surface area (Å²) in [6, 6.07) is 7.57. The average molecular weight is 335 g/mol. The second kappa shape index (κ2) is 5.70. The van der Waals surface area contributed by atoms with Crippen molar-refractivity contribution in [2.45, 2.75) is 0 Å². The number of nitro groups is 1. The monoisotopic (exact) mass is 334 g/mol. The van der Waals surface area contributed by atoms with Crippen molar-refractivity contribution in [2.75, 3.05) is 0 Å². The SMILES string of the molecule is O=C1OC(c2ccc([N+](=O)[O-])cc2Cl)=N/C1=C/c1cccs1. The van der Waals surface area contributed by atoms with Crippen LogP contribution in [0.3, 0.4) is 0 Å². The predicted molar refractivity (Wildman–Crippen MR) is 83.0 cm³/mol. The molecule has 0 aliphatic carbocycles. The van der Waals surface area contributed by atoms with Gasteiger partial charge in [-0.1, -0.05) is 17.7 Å². The van der Waals surface area contributed by atoms with Gasteiger partial charge >= 0.3 is 5.97 Å². The quantitative estimate of drug-likeness (QED) is 0.371. The summed E-state index contributed by atoms with van der Waals surface area (Å²) in [5.41, 5.74) is 0.343. The fraction of sp³-hybridized carbons (Fsp3) is 0. The summed E-state index contributed by atoms with van der Waals surface area (Å²) in [5, 5.41) is 12.7. The van der Waals surface area contributed by atoms with E-state index in [1.54, 1.807) is 6.08 Å². The first-order valence-electron chi connectivity index (χ1n) is 6.05. The minimum absolute atomic E-state index is 0.0349. The third-order valence-corrected chi connectivity index (χ3v) is 3.97. The fourth-order valence-corrected chi connectivity index (χ4v) is 2.73. The van der Waals surface area contributed by atoms with Gasteiger partial charge in [0.1, 0.15) is 0 Å². The van der Waals surface area contributed by atoms with Gasteiger partial charge in [-0.2, -0.15) is 0 Å². The number of ether oxygens (including phenoxy) is 1. The third-order valence-electron chi connectivity index (χ3n) is 2.84. The lowest BCUT2D eigenvalue weighted by Gasteiger charge is -2.02. The molecule has 22 heavy (non-hydrogen) atoms. The highest BCUT2D eigenvalue weighted by atomic mass is 35.5. The van der Waals surface area contributed by atoms with Crippen LogP contribution in [0, 0.1) is 10.1 Å². The van der Waals surface area contributed by atoms with Crippen LogP contribution in [0.4, 0.5) is 5.69 Å². The second-order valence-corrected chi connectivity index (χ2v) is 5.66. The van der Waals surface area contributed by atoms with Crippen LogP contribution in [0.15, 0.2) is 46.4 Å². The first kappa shape index (κ1) is 14.4. The number of aliphatic imine (C=N–C) groups is 1. The number of esters is 1. The Balaban J connectivity index is 1.96. The van der Waals surface area contributed by atoms with Crippen LogP contribution in [0.5, 0.6) is 0 Å². The summed E-state index contributed by atoms with van der Waals surface area (Å²) >= 11 is 7.46. The fourth-order valence-electron chi connectivity index (χ4n) is 1.82. The highest BCUT2D eigenvalue weighted by Crippen LogP contribution is 2.27. The van der Waals surface area contributed by atoms with Crippen molar-refractivity contribution in [2.24, 2.45) is 4.99 Å². The van der Waals surface area contributed by atoms with E-state index in [0.717, 1.165) is 4.88 Å². The molecule has 110 valence electrons. The lowest BCUT2D eigenvalue weighted by Crippen LogP contribution is -2.06. The molecule has 1 aliphatic rings. The number of rotatable bonds is 3. The number of nitrogens with zero attached hydrogens (tertiary/aromatic N) is 2. The molecule has 0 radical (unpaired) electrons. The minimum atomic E-state index is -0.585. The molecule has 1 aromatic carbocycles. The number of carbonyl (C=O) groups excluding carboxylic acids is 1. The molecule has 0 fully saturated rings. The number of hydrogen-bond donors (Lipinski definition) is 0. The highest BCUT2D eigenvalue weighted by molar-refractivity contribution is 7.10. The van der Waals surface area contributed by atoms with E-state index in [0.29, 0.717) is 5.56 Å². The molecule has 0 saturated carbocycles. The lowest BCUT2D eigenvalue weighted by atomic mass is 10.2. The number of thiophene rings is 1. The molecule has 3 rings (SSSR count). The van der Waals surface area contributed by atoms with Crippen LogP contribution in [0.25, 0.3) is 6.08 Å². The van der Waals surface area contributed by atoms with Crippen LogP contribution in [-0.4, -0.2) is 16.8 Å². The van der Waals surface area contributed by atoms with Crippen LogP contribution >= 0.6 is 22.9 Å². The Morgan fingerprint density at radius 3 is 2.82 bits per heavy atom. The molecular weight excluding hydrogens is 328 g/mol. The van der Waals surface area contributed by atoms with Crippen molar-refractivity contribution in [3.05, 3.63) is 67.0 Å². The standard InChI is InChI=1S/C14H7ClN2O4S/c15-11-6-8(17(19)20)3-4-10(11)13-16-12(14(18)21-13)7-9-2-1-5-22-9/h1-7H/b12-7+. The Hall–Kier alpha value is -2.51. The molecular formula is C14H7ClN2O4S. The number of non-ortho nitro benzene ring substituents is 1. The number of carbonyl (C=O) groups is 1. The van der Waals surface area contributed by atoms with Crippen LogP contribution in [0.2, 0.25) is 5.02 Å². The largest absolute Gasteiger partial charge is 0.402 e. The molecule has 0 bridgehead atoms. The molecule has 0 N–H and O–H groups in total. The number of cyclic esters (lactones) is 1. The van der Waals surface area contributed by atoms with Crippen LogP contribution in [0.1, 0.15) is 10.4 Å². The molecule has 0 amide bonds. The molecule has 1 aliphatic heterocycles. The lowest BCUT2D eigenvalue weighted by molar-refractivity contribution is -0.384. The molecule has 6 nitrogen and oxygen atoms in total. The van der Waals surface area contributed by atoms with Gasteiger partial charge in [0, 0.05) is 17.0 Å². The summed E-state index contributed by atoms with van der Waals surface area (Å²) in [7, 11) is 0. The Morgan fingerprint density at radius 2 is 2.18 bits per heavy atom.